The van der Waals surface area contributed by atoms with Crippen LogP contribution in [0.25, 0.3) is 0 Å². The molecule has 5 nitrogen and oxygen atoms in total. The highest BCUT2D eigenvalue weighted by molar-refractivity contribution is 5.21. The lowest BCUT2D eigenvalue weighted by molar-refractivity contribution is -0.0941. The summed E-state index contributed by atoms with van der Waals surface area (Å²) in [6.45, 7) is 3.63. The molecule has 2 aromatic rings. The molecule has 0 aliphatic rings. The molecule has 1 heterocycles. The fraction of sp³-hybridized carbons (Fsp3) is 0.385. The molecule has 0 saturated carbocycles. The Balaban J connectivity index is 2.26. The minimum absolute atomic E-state index is 0.546. The summed E-state index contributed by atoms with van der Waals surface area (Å²) in [5.74, 6) is 0.687. The standard InChI is InChI=1S/C13H17N3O2/c1-3-13(2,17)12(16-10-14-9-15-16)18-11-7-5-4-6-8-11/h4-10,12,17H,3H2,1-2H3. The van der Waals surface area contributed by atoms with Crippen molar-refractivity contribution in [3.05, 3.63) is 43.0 Å². The van der Waals surface area contributed by atoms with Crippen LogP contribution < -0.4 is 4.74 Å². The summed E-state index contributed by atoms with van der Waals surface area (Å²) < 4.78 is 7.35. The maximum Gasteiger partial charge on any atom is 0.221 e. The topological polar surface area (TPSA) is 60.2 Å². The first-order chi connectivity index (χ1) is 8.63. The van der Waals surface area contributed by atoms with Crippen molar-refractivity contribution < 1.29 is 9.84 Å². The summed E-state index contributed by atoms with van der Waals surface area (Å²) in [6, 6.07) is 9.36. The van der Waals surface area contributed by atoms with Crippen molar-refractivity contribution in [1.29, 1.82) is 0 Å². The van der Waals surface area contributed by atoms with Crippen molar-refractivity contribution in [2.45, 2.75) is 32.1 Å². The predicted octanol–water partition coefficient (Wildman–Crippen LogP) is 2.02. The number of hydrogen-bond acceptors (Lipinski definition) is 4. The number of aliphatic hydroxyl groups is 1. The summed E-state index contributed by atoms with van der Waals surface area (Å²) in [5, 5.41) is 14.5. The Morgan fingerprint density at radius 2 is 2.11 bits per heavy atom. The quantitative estimate of drug-likeness (QED) is 0.878. The highest BCUT2D eigenvalue weighted by atomic mass is 16.5. The molecule has 18 heavy (non-hydrogen) atoms. The van der Waals surface area contributed by atoms with Gasteiger partial charge in [-0.25, -0.2) is 9.67 Å². The average molecular weight is 247 g/mol. The number of benzene rings is 1. The average Bonchev–Trinajstić information content (AvgIpc) is 2.90. The van der Waals surface area contributed by atoms with Gasteiger partial charge in [0.1, 0.15) is 24.0 Å². The van der Waals surface area contributed by atoms with Crippen LogP contribution >= 0.6 is 0 Å². The molecule has 1 N–H and O–H groups in total. The number of para-hydroxylation sites is 1. The van der Waals surface area contributed by atoms with Gasteiger partial charge in [0.2, 0.25) is 6.23 Å². The van der Waals surface area contributed by atoms with Crippen molar-refractivity contribution in [3.63, 3.8) is 0 Å². The normalized spacial score (nSPS) is 15.9. The molecule has 0 aliphatic carbocycles. The van der Waals surface area contributed by atoms with Crippen molar-refractivity contribution in [1.82, 2.24) is 14.8 Å². The molecule has 0 spiro atoms. The first-order valence-electron chi connectivity index (χ1n) is 5.91. The van der Waals surface area contributed by atoms with Crippen LogP contribution in [-0.4, -0.2) is 25.5 Å². The van der Waals surface area contributed by atoms with E-state index in [9.17, 15) is 5.11 Å². The Hall–Kier alpha value is -1.88. The maximum atomic E-state index is 10.4. The molecular weight excluding hydrogens is 230 g/mol. The van der Waals surface area contributed by atoms with Crippen LogP contribution in [-0.2, 0) is 0 Å². The summed E-state index contributed by atoms with van der Waals surface area (Å²) in [4.78, 5) is 3.89. The van der Waals surface area contributed by atoms with Crippen molar-refractivity contribution >= 4 is 0 Å². The highest BCUT2D eigenvalue weighted by Crippen LogP contribution is 2.28. The van der Waals surface area contributed by atoms with Gasteiger partial charge in [-0.05, 0) is 25.5 Å². The third-order valence-corrected chi connectivity index (χ3v) is 2.92. The molecule has 2 rings (SSSR count). The Morgan fingerprint density at radius 3 is 2.67 bits per heavy atom. The van der Waals surface area contributed by atoms with E-state index in [4.69, 9.17) is 4.74 Å². The van der Waals surface area contributed by atoms with Gasteiger partial charge in [-0.15, -0.1) is 0 Å². The van der Waals surface area contributed by atoms with Crippen LogP contribution in [0.4, 0.5) is 0 Å². The van der Waals surface area contributed by atoms with Gasteiger partial charge in [0.05, 0.1) is 0 Å². The Labute approximate surface area is 106 Å². The summed E-state index contributed by atoms with van der Waals surface area (Å²) in [7, 11) is 0. The minimum Gasteiger partial charge on any atom is -0.466 e. The number of nitrogens with zero attached hydrogens (tertiary/aromatic N) is 3. The molecule has 2 unspecified atom stereocenters. The van der Waals surface area contributed by atoms with Gasteiger partial charge in [0, 0.05) is 0 Å². The molecule has 0 saturated heterocycles. The van der Waals surface area contributed by atoms with E-state index in [0.717, 1.165) is 0 Å². The van der Waals surface area contributed by atoms with Gasteiger partial charge in [0.25, 0.3) is 0 Å². The number of hydrogen-bond donors (Lipinski definition) is 1. The van der Waals surface area contributed by atoms with Crippen LogP contribution in [0, 0.1) is 0 Å². The summed E-state index contributed by atoms with van der Waals surface area (Å²) in [5.41, 5.74) is -1.02. The fourth-order valence-corrected chi connectivity index (χ4v) is 1.61. The molecule has 0 amide bonds. The lowest BCUT2D eigenvalue weighted by Gasteiger charge is -2.31. The number of ether oxygens (including phenoxy) is 1. The monoisotopic (exact) mass is 247 g/mol. The molecule has 0 fully saturated rings. The fourth-order valence-electron chi connectivity index (χ4n) is 1.61. The Bertz CT molecular complexity index is 468. The Kier molecular flexibility index (Phi) is 3.62. The zero-order chi connectivity index (χ0) is 13.0. The van der Waals surface area contributed by atoms with Crippen LogP contribution in [0.2, 0.25) is 0 Å². The molecule has 5 heteroatoms. The molecule has 0 bridgehead atoms. The second kappa shape index (κ2) is 5.18. The van der Waals surface area contributed by atoms with Gasteiger partial charge in [-0.3, -0.25) is 0 Å². The van der Waals surface area contributed by atoms with Crippen LogP contribution in [0.1, 0.15) is 26.5 Å². The molecule has 2 atom stereocenters. The first-order valence-corrected chi connectivity index (χ1v) is 5.91. The predicted molar refractivity (Wildman–Crippen MR) is 67.0 cm³/mol. The van der Waals surface area contributed by atoms with Gasteiger partial charge in [0.15, 0.2) is 0 Å². The smallest absolute Gasteiger partial charge is 0.221 e. The largest absolute Gasteiger partial charge is 0.466 e. The van der Waals surface area contributed by atoms with Crippen LogP contribution in [0.3, 0.4) is 0 Å². The summed E-state index contributed by atoms with van der Waals surface area (Å²) >= 11 is 0. The molecule has 1 aromatic carbocycles. The SMILES string of the molecule is CCC(C)(O)C(Oc1ccccc1)n1cncn1. The van der Waals surface area contributed by atoms with Crippen molar-refractivity contribution in [3.8, 4) is 5.75 Å². The van der Waals surface area contributed by atoms with E-state index in [0.29, 0.717) is 12.2 Å². The molecule has 0 radical (unpaired) electrons. The summed E-state index contributed by atoms with van der Waals surface area (Å²) in [6.07, 6.45) is 2.90. The lowest BCUT2D eigenvalue weighted by Crippen LogP contribution is -2.39. The van der Waals surface area contributed by atoms with E-state index in [2.05, 4.69) is 10.1 Å². The van der Waals surface area contributed by atoms with Gasteiger partial charge in [-0.2, -0.15) is 5.10 Å². The molecule has 96 valence electrons. The second-order valence-electron chi connectivity index (χ2n) is 4.37. The third kappa shape index (κ3) is 2.68. The van der Waals surface area contributed by atoms with E-state index in [1.54, 1.807) is 6.92 Å². The molecular formula is C13H17N3O2. The Morgan fingerprint density at radius 1 is 1.39 bits per heavy atom. The highest BCUT2D eigenvalue weighted by Gasteiger charge is 2.34. The first kappa shape index (κ1) is 12.6. The van der Waals surface area contributed by atoms with E-state index >= 15 is 0 Å². The van der Waals surface area contributed by atoms with Crippen LogP contribution in [0.5, 0.6) is 5.75 Å². The van der Waals surface area contributed by atoms with Crippen molar-refractivity contribution in [2.75, 3.05) is 0 Å². The van der Waals surface area contributed by atoms with E-state index in [1.165, 1.54) is 17.3 Å². The minimum atomic E-state index is -1.02. The molecule has 0 aliphatic heterocycles. The van der Waals surface area contributed by atoms with Gasteiger partial charge >= 0.3 is 0 Å². The third-order valence-electron chi connectivity index (χ3n) is 2.92. The second-order valence-corrected chi connectivity index (χ2v) is 4.37. The maximum absolute atomic E-state index is 10.4. The zero-order valence-corrected chi connectivity index (χ0v) is 10.5. The number of rotatable bonds is 5. The van der Waals surface area contributed by atoms with Gasteiger partial charge < -0.3 is 9.84 Å². The van der Waals surface area contributed by atoms with Crippen molar-refractivity contribution in [2.24, 2.45) is 0 Å². The molecule has 1 aromatic heterocycles. The van der Waals surface area contributed by atoms with Crippen LogP contribution in [0.15, 0.2) is 43.0 Å². The van der Waals surface area contributed by atoms with E-state index in [-0.39, 0.29) is 0 Å². The van der Waals surface area contributed by atoms with Gasteiger partial charge in [-0.1, -0.05) is 25.1 Å². The van der Waals surface area contributed by atoms with E-state index < -0.39 is 11.8 Å². The lowest BCUT2D eigenvalue weighted by atomic mass is 10.0. The number of aromatic nitrogens is 3. The van der Waals surface area contributed by atoms with E-state index in [1.807, 2.05) is 37.3 Å². The zero-order valence-electron chi connectivity index (χ0n) is 10.5.